The van der Waals surface area contributed by atoms with Gasteiger partial charge in [-0.1, -0.05) is 6.07 Å². The van der Waals surface area contributed by atoms with Gasteiger partial charge in [-0.25, -0.2) is 0 Å². The molecule has 0 spiro atoms. The van der Waals surface area contributed by atoms with E-state index < -0.39 is 0 Å². The van der Waals surface area contributed by atoms with Crippen molar-refractivity contribution >= 4 is 35.8 Å². The Morgan fingerprint density at radius 2 is 2.12 bits per heavy atom. The topological polar surface area (TPSA) is 79.3 Å². The van der Waals surface area contributed by atoms with Gasteiger partial charge in [-0.2, -0.15) is 0 Å². The van der Waals surface area contributed by atoms with E-state index in [0.29, 0.717) is 13.2 Å². The number of hydrogen-bond acceptors (Lipinski definition) is 5. The minimum Gasteiger partial charge on any atom is -0.376 e. The smallest absolute Gasteiger partial charge is 0.241 e. The molecule has 0 saturated carbocycles. The van der Waals surface area contributed by atoms with Crippen LogP contribution in [0.4, 0.5) is 0 Å². The molecule has 1 atom stereocenters. The Labute approximate surface area is 209 Å². The first-order valence-corrected chi connectivity index (χ1v) is 11.5. The molecule has 1 unspecified atom stereocenters. The van der Waals surface area contributed by atoms with Gasteiger partial charge < -0.3 is 24.6 Å². The zero-order chi connectivity index (χ0) is 21.9. The summed E-state index contributed by atoms with van der Waals surface area (Å²) in [4.78, 5) is 25.1. The molecule has 2 fully saturated rings. The summed E-state index contributed by atoms with van der Waals surface area (Å²) in [6, 6.07) is 5.84. The van der Waals surface area contributed by atoms with E-state index in [4.69, 9.17) is 9.47 Å². The number of piperidine rings is 1. The number of ether oxygens (including phenoxy) is 2. The molecule has 9 heteroatoms. The van der Waals surface area contributed by atoms with Gasteiger partial charge in [0, 0.05) is 58.6 Å². The first-order valence-electron chi connectivity index (χ1n) is 11.5. The highest BCUT2D eigenvalue weighted by Gasteiger charge is 2.24. The summed E-state index contributed by atoms with van der Waals surface area (Å²) in [5.41, 5.74) is 0.992. The van der Waals surface area contributed by atoms with Crippen LogP contribution in [0.15, 0.2) is 29.4 Å². The first-order chi connectivity index (χ1) is 15.2. The molecule has 0 radical (unpaired) electrons. The fraction of sp³-hybridized carbons (Fsp3) is 0.696. The molecule has 2 saturated heterocycles. The van der Waals surface area contributed by atoms with Gasteiger partial charge in [0.25, 0.3) is 0 Å². The zero-order valence-electron chi connectivity index (χ0n) is 19.4. The maximum atomic E-state index is 12.5. The molecule has 1 N–H and O–H groups in total. The van der Waals surface area contributed by atoms with Crippen molar-refractivity contribution in [3.63, 3.8) is 0 Å². The lowest BCUT2D eigenvalue weighted by Crippen LogP contribution is -2.49. The molecule has 3 rings (SSSR count). The maximum Gasteiger partial charge on any atom is 0.241 e. The highest BCUT2D eigenvalue weighted by Crippen LogP contribution is 2.18. The van der Waals surface area contributed by atoms with Crippen LogP contribution in [0.3, 0.4) is 0 Å². The van der Waals surface area contributed by atoms with Crippen molar-refractivity contribution in [3.05, 3.63) is 30.1 Å². The van der Waals surface area contributed by atoms with E-state index in [1.165, 1.54) is 12.8 Å². The lowest BCUT2D eigenvalue weighted by atomic mass is 10.1. The third kappa shape index (κ3) is 8.82. The minimum absolute atomic E-state index is 0. The number of aliphatic imine (C=N–C) groups is 1. The first kappa shape index (κ1) is 26.8. The van der Waals surface area contributed by atoms with Crippen molar-refractivity contribution in [2.24, 2.45) is 4.99 Å². The van der Waals surface area contributed by atoms with Crippen LogP contribution < -0.4 is 5.32 Å². The second-order valence-corrected chi connectivity index (χ2v) is 8.30. The number of nitrogens with zero attached hydrogens (tertiary/aromatic N) is 4. The standard InChI is InChI=1S/C23H37N5O3.HI/c1-24-23(26-17-22(29)27(2)13-9-19-7-3-5-12-25-19)28-14-10-20(11-15-28)31-18-21-8-4-6-16-30-21;/h3,5,7,12,20-21H,4,6,8-11,13-18H2,1-2H3,(H,24,26);1H. The number of carbonyl (C=O) groups is 1. The maximum absolute atomic E-state index is 12.5. The number of aromatic nitrogens is 1. The van der Waals surface area contributed by atoms with Crippen LogP contribution in [-0.4, -0.2) is 92.3 Å². The number of halogens is 1. The second kappa shape index (κ2) is 14.6. The average molecular weight is 559 g/mol. The number of amides is 1. The molecule has 180 valence electrons. The van der Waals surface area contributed by atoms with Crippen molar-refractivity contribution < 1.29 is 14.3 Å². The Morgan fingerprint density at radius 1 is 1.31 bits per heavy atom. The molecule has 2 aliphatic rings. The van der Waals surface area contributed by atoms with Crippen LogP contribution in [0, 0.1) is 0 Å². The monoisotopic (exact) mass is 559 g/mol. The van der Waals surface area contributed by atoms with E-state index >= 15 is 0 Å². The van der Waals surface area contributed by atoms with Crippen molar-refractivity contribution in [2.45, 2.75) is 50.7 Å². The third-order valence-corrected chi connectivity index (χ3v) is 6.00. The average Bonchev–Trinajstić information content (AvgIpc) is 2.83. The van der Waals surface area contributed by atoms with Gasteiger partial charge in [-0.15, -0.1) is 24.0 Å². The van der Waals surface area contributed by atoms with Crippen LogP contribution in [0.1, 0.15) is 37.8 Å². The highest BCUT2D eigenvalue weighted by molar-refractivity contribution is 14.0. The predicted octanol–water partition coefficient (Wildman–Crippen LogP) is 2.33. The Balaban J connectivity index is 0.00000363. The quantitative estimate of drug-likeness (QED) is 0.300. The van der Waals surface area contributed by atoms with Crippen molar-refractivity contribution in [1.29, 1.82) is 0 Å². The largest absolute Gasteiger partial charge is 0.376 e. The number of carbonyl (C=O) groups excluding carboxylic acids is 1. The summed E-state index contributed by atoms with van der Waals surface area (Å²) in [5, 5.41) is 3.22. The number of rotatable bonds is 8. The molecule has 8 nitrogen and oxygen atoms in total. The van der Waals surface area contributed by atoms with Crippen molar-refractivity contribution in [3.8, 4) is 0 Å². The van der Waals surface area contributed by atoms with E-state index in [1.54, 1.807) is 18.1 Å². The van der Waals surface area contributed by atoms with E-state index in [2.05, 4.69) is 20.2 Å². The molecule has 0 aromatic carbocycles. The Bertz CT molecular complexity index is 692. The summed E-state index contributed by atoms with van der Waals surface area (Å²) in [7, 11) is 3.59. The van der Waals surface area contributed by atoms with Crippen molar-refractivity contribution in [2.75, 3.05) is 53.5 Å². The Hall–Kier alpha value is -1.46. The highest BCUT2D eigenvalue weighted by atomic mass is 127. The molecule has 1 aromatic heterocycles. The Morgan fingerprint density at radius 3 is 2.78 bits per heavy atom. The lowest BCUT2D eigenvalue weighted by molar-refractivity contribution is -0.128. The third-order valence-electron chi connectivity index (χ3n) is 6.00. The molecule has 1 amide bonds. The number of likely N-dealkylation sites (N-methyl/N-ethyl adjacent to an activating group) is 1. The van der Waals surface area contributed by atoms with Gasteiger partial charge in [-0.05, 0) is 44.2 Å². The molecule has 32 heavy (non-hydrogen) atoms. The Kier molecular flexibility index (Phi) is 12.3. The summed E-state index contributed by atoms with van der Waals surface area (Å²) in [6.07, 6.45) is 8.52. The van der Waals surface area contributed by atoms with E-state index in [9.17, 15) is 4.79 Å². The molecule has 0 aliphatic carbocycles. The summed E-state index contributed by atoms with van der Waals surface area (Å²) >= 11 is 0. The van der Waals surface area contributed by atoms with Crippen LogP contribution in [0.2, 0.25) is 0 Å². The molecule has 1 aromatic rings. The van der Waals surface area contributed by atoms with Crippen molar-refractivity contribution in [1.82, 2.24) is 20.1 Å². The van der Waals surface area contributed by atoms with Crippen LogP contribution >= 0.6 is 24.0 Å². The van der Waals surface area contributed by atoms with Gasteiger partial charge in [0.2, 0.25) is 5.91 Å². The van der Waals surface area contributed by atoms with Crippen LogP contribution in [0.25, 0.3) is 0 Å². The summed E-state index contributed by atoms with van der Waals surface area (Å²) < 4.78 is 11.9. The fourth-order valence-electron chi connectivity index (χ4n) is 3.99. The SMILES string of the molecule is CN=C(NCC(=O)N(C)CCc1ccccn1)N1CCC(OCC2CCCCO2)CC1.I. The number of pyridine rings is 1. The zero-order valence-corrected chi connectivity index (χ0v) is 21.7. The molecular formula is C23H38IN5O3. The van der Waals surface area contributed by atoms with Gasteiger partial charge in [0.1, 0.15) is 0 Å². The predicted molar refractivity (Wildman–Crippen MR) is 136 cm³/mol. The van der Waals surface area contributed by atoms with Crippen LogP contribution in [-0.2, 0) is 20.7 Å². The molecule has 3 heterocycles. The number of nitrogens with one attached hydrogen (secondary N) is 1. The van der Waals surface area contributed by atoms with Gasteiger partial charge >= 0.3 is 0 Å². The van der Waals surface area contributed by atoms with E-state index in [0.717, 1.165) is 57.0 Å². The fourth-order valence-corrected chi connectivity index (χ4v) is 3.99. The second-order valence-electron chi connectivity index (χ2n) is 8.30. The lowest BCUT2D eigenvalue weighted by Gasteiger charge is -2.35. The molecule has 2 aliphatic heterocycles. The number of hydrogen-bond donors (Lipinski definition) is 1. The summed E-state index contributed by atoms with van der Waals surface area (Å²) in [6.45, 7) is 4.20. The summed E-state index contributed by atoms with van der Waals surface area (Å²) in [5.74, 6) is 0.823. The minimum atomic E-state index is 0. The van der Waals surface area contributed by atoms with E-state index in [1.807, 2.05) is 25.2 Å². The molecular weight excluding hydrogens is 521 g/mol. The van der Waals surface area contributed by atoms with E-state index in [-0.39, 0.29) is 48.6 Å². The normalized spacial score (nSPS) is 19.9. The number of likely N-dealkylation sites (tertiary alicyclic amines) is 1. The van der Waals surface area contributed by atoms with Gasteiger partial charge in [-0.3, -0.25) is 14.8 Å². The van der Waals surface area contributed by atoms with Gasteiger partial charge in [0.05, 0.1) is 25.4 Å². The van der Waals surface area contributed by atoms with Gasteiger partial charge in [0.15, 0.2) is 5.96 Å². The van der Waals surface area contributed by atoms with Crippen LogP contribution in [0.5, 0.6) is 0 Å². The number of guanidine groups is 1. The molecule has 0 bridgehead atoms.